The zero-order valence-electron chi connectivity index (χ0n) is 7.28. The number of amides is 1. The lowest BCUT2D eigenvalue weighted by Crippen LogP contribution is -2.36. The highest BCUT2D eigenvalue weighted by Gasteiger charge is 2.23. The highest BCUT2D eigenvalue weighted by Crippen LogP contribution is 2.29. The lowest BCUT2D eigenvalue weighted by atomic mass is 10.2. The van der Waals surface area contributed by atoms with Gasteiger partial charge in [0.15, 0.2) is 0 Å². The van der Waals surface area contributed by atoms with Crippen molar-refractivity contribution >= 4 is 17.7 Å². The van der Waals surface area contributed by atoms with Crippen molar-refractivity contribution in [2.45, 2.75) is 23.7 Å². The number of hydrogen-bond acceptors (Lipinski definition) is 3. The smallest absolute Gasteiger partial charge is 0.254 e. The number of carbonyl (C=O) groups excluding carboxylic acids is 1. The van der Waals surface area contributed by atoms with E-state index in [9.17, 15) is 4.79 Å². The van der Waals surface area contributed by atoms with Gasteiger partial charge in [-0.3, -0.25) is 4.79 Å². The third kappa shape index (κ3) is 1.54. The van der Waals surface area contributed by atoms with Gasteiger partial charge in [-0.1, -0.05) is 18.7 Å². The average Bonchev–Trinajstić information content (AvgIpc) is 2.18. The molecule has 0 bridgehead atoms. The van der Waals surface area contributed by atoms with Crippen molar-refractivity contribution in [3.05, 3.63) is 23.9 Å². The topological polar surface area (TPSA) is 42.0 Å². The molecule has 0 aliphatic carbocycles. The molecule has 0 spiro atoms. The summed E-state index contributed by atoms with van der Waals surface area (Å²) in [6.07, 6.45) is 2.64. The minimum atomic E-state index is -0.00583. The van der Waals surface area contributed by atoms with Crippen molar-refractivity contribution < 1.29 is 4.79 Å². The molecule has 13 heavy (non-hydrogen) atoms. The standard InChI is InChI=1S/C9H10N2OS/c1-2-7-11-8(12)6-4-3-5-10-9(6)13-7/h3-5,7H,2H2,1H3,(H,11,12). The van der Waals surface area contributed by atoms with Crippen LogP contribution in [0.15, 0.2) is 23.4 Å². The first-order chi connectivity index (χ1) is 6.31. The first-order valence-corrected chi connectivity index (χ1v) is 5.11. The number of nitrogens with zero attached hydrogens (tertiary/aromatic N) is 1. The van der Waals surface area contributed by atoms with Crippen LogP contribution < -0.4 is 5.32 Å². The Morgan fingerprint density at radius 3 is 3.31 bits per heavy atom. The predicted molar refractivity (Wildman–Crippen MR) is 51.6 cm³/mol. The molecule has 0 aromatic carbocycles. The maximum atomic E-state index is 11.5. The van der Waals surface area contributed by atoms with E-state index in [0.717, 1.165) is 11.4 Å². The summed E-state index contributed by atoms with van der Waals surface area (Å²) in [5.74, 6) is -0.00583. The minimum absolute atomic E-state index is 0.00583. The maximum Gasteiger partial charge on any atom is 0.254 e. The molecule has 1 aromatic rings. The van der Waals surface area contributed by atoms with E-state index in [0.29, 0.717) is 5.56 Å². The van der Waals surface area contributed by atoms with E-state index in [4.69, 9.17) is 0 Å². The first-order valence-electron chi connectivity index (χ1n) is 4.24. The number of nitrogens with one attached hydrogen (secondary N) is 1. The predicted octanol–water partition coefficient (Wildman–Crippen LogP) is 1.65. The van der Waals surface area contributed by atoms with E-state index < -0.39 is 0 Å². The van der Waals surface area contributed by atoms with Crippen LogP contribution in [0, 0.1) is 0 Å². The molecular weight excluding hydrogens is 184 g/mol. The second-order valence-corrected chi connectivity index (χ2v) is 4.04. The highest BCUT2D eigenvalue weighted by atomic mass is 32.2. The molecule has 1 aromatic heterocycles. The number of aromatic nitrogens is 1. The number of fused-ring (bicyclic) bond motifs is 1. The Morgan fingerprint density at radius 1 is 1.69 bits per heavy atom. The lowest BCUT2D eigenvalue weighted by molar-refractivity contribution is 0.0942. The molecule has 1 aliphatic rings. The first kappa shape index (κ1) is 8.56. The molecule has 0 saturated heterocycles. The summed E-state index contributed by atoms with van der Waals surface area (Å²) in [5, 5.41) is 3.93. The van der Waals surface area contributed by atoms with Crippen molar-refractivity contribution in [2.24, 2.45) is 0 Å². The van der Waals surface area contributed by atoms with Gasteiger partial charge in [0.2, 0.25) is 0 Å². The molecule has 3 nitrogen and oxygen atoms in total. The van der Waals surface area contributed by atoms with Crippen LogP contribution in [0.1, 0.15) is 23.7 Å². The van der Waals surface area contributed by atoms with Gasteiger partial charge in [-0.2, -0.15) is 0 Å². The Labute approximate surface area is 80.9 Å². The zero-order chi connectivity index (χ0) is 9.26. The third-order valence-electron chi connectivity index (χ3n) is 1.93. The zero-order valence-corrected chi connectivity index (χ0v) is 8.10. The van der Waals surface area contributed by atoms with E-state index in [-0.39, 0.29) is 11.3 Å². The molecule has 1 unspecified atom stereocenters. The van der Waals surface area contributed by atoms with Gasteiger partial charge in [-0.25, -0.2) is 4.98 Å². The minimum Gasteiger partial charge on any atom is -0.340 e. The van der Waals surface area contributed by atoms with Gasteiger partial charge in [0.1, 0.15) is 5.03 Å². The Hall–Kier alpha value is -1.03. The molecule has 1 atom stereocenters. The third-order valence-corrected chi connectivity index (χ3v) is 3.22. The average molecular weight is 194 g/mol. The molecule has 1 aliphatic heterocycles. The maximum absolute atomic E-state index is 11.5. The summed E-state index contributed by atoms with van der Waals surface area (Å²) < 4.78 is 0. The van der Waals surface area contributed by atoms with Crippen LogP contribution in [-0.4, -0.2) is 16.3 Å². The number of pyridine rings is 1. The van der Waals surface area contributed by atoms with Crippen molar-refractivity contribution in [1.82, 2.24) is 10.3 Å². The van der Waals surface area contributed by atoms with E-state index in [2.05, 4.69) is 10.3 Å². The fraction of sp³-hybridized carbons (Fsp3) is 0.333. The molecule has 4 heteroatoms. The van der Waals surface area contributed by atoms with Gasteiger partial charge in [0, 0.05) is 6.20 Å². The number of hydrogen-bond donors (Lipinski definition) is 1. The summed E-state index contributed by atoms with van der Waals surface area (Å²) in [5.41, 5.74) is 0.692. The monoisotopic (exact) mass is 194 g/mol. The van der Waals surface area contributed by atoms with E-state index in [1.54, 1.807) is 30.1 Å². The molecule has 2 heterocycles. The molecular formula is C9H10N2OS. The molecule has 2 rings (SSSR count). The van der Waals surface area contributed by atoms with Crippen molar-refractivity contribution in [1.29, 1.82) is 0 Å². The van der Waals surface area contributed by atoms with Crippen LogP contribution in [0.5, 0.6) is 0 Å². The lowest BCUT2D eigenvalue weighted by Gasteiger charge is -2.22. The fourth-order valence-corrected chi connectivity index (χ4v) is 2.24. The van der Waals surface area contributed by atoms with E-state index in [1.807, 2.05) is 6.92 Å². The van der Waals surface area contributed by atoms with E-state index in [1.165, 1.54) is 0 Å². The van der Waals surface area contributed by atoms with Gasteiger partial charge < -0.3 is 5.32 Å². The van der Waals surface area contributed by atoms with Crippen LogP contribution >= 0.6 is 11.8 Å². The van der Waals surface area contributed by atoms with Crippen molar-refractivity contribution in [3.63, 3.8) is 0 Å². The van der Waals surface area contributed by atoms with Gasteiger partial charge in [0.25, 0.3) is 5.91 Å². The number of carbonyl (C=O) groups is 1. The van der Waals surface area contributed by atoms with Crippen LogP contribution in [0.3, 0.4) is 0 Å². The van der Waals surface area contributed by atoms with Crippen molar-refractivity contribution in [3.8, 4) is 0 Å². The van der Waals surface area contributed by atoms with Crippen LogP contribution in [0.2, 0.25) is 0 Å². The normalized spacial score (nSPS) is 20.7. The van der Waals surface area contributed by atoms with Gasteiger partial charge in [-0.15, -0.1) is 0 Å². The second-order valence-electron chi connectivity index (χ2n) is 2.84. The quantitative estimate of drug-likeness (QED) is 0.739. The Balaban J connectivity index is 2.37. The van der Waals surface area contributed by atoms with Gasteiger partial charge in [-0.05, 0) is 18.6 Å². The molecule has 0 fully saturated rings. The van der Waals surface area contributed by atoms with E-state index >= 15 is 0 Å². The number of thioether (sulfide) groups is 1. The summed E-state index contributed by atoms with van der Waals surface area (Å²) in [7, 11) is 0. The van der Waals surface area contributed by atoms with Gasteiger partial charge >= 0.3 is 0 Å². The van der Waals surface area contributed by atoms with Gasteiger partial charge in [0.05, 0.1) is 10.9 Å². The molecule has 1 amide bonds. The van der Waals surface area contributed by atoms with Crippen LogP contribution in [0.25, 0.3) is 0 Å². The summed E-state index contributed by atoms with van der Waals surface area (Å²) >= 11 is 1.62. The molecule has 0 radical (unpaired) electrons. The number of rotatable bonds is 1. The Kier molecular flexibility index (Phi) is 2.22. The molecule has 68 valence electrons. The summed E-state index contributed by atoms with van der Waals surface area (Å²) in [4.78, 5) is 15.7. The fourth-order valence-electron chi connectivity index (χ4n) is 1.23. The Bertz CT molecular complexity index is 340. The summed E-state index contributed by atoms with van der Waals surface area (Å²) in [6, 6.07) is 3.59. The second kappa shape index (κ2) is 3.38. The van der Waals surface area contributed by atoms with Crippen LogP contribution in [0.4, 0.5) is 0 Å². The summed E-state index contributed by atoms with van der Waals surface area (Å²) in [6.45, 7) is 2.05. The highest BCUT2D eigenvalue weighted by molar-refractivity contribution is 8.00. The van der Waals surface area contributed by atoms with Crippen LogP contribution in [-0.2, 0) is 0 Å². The van der Waals surface area contributed by atoms with Crippen molar-refractivity contribution in [2.75, 3.05) is 0 Å². The largest absolute Gasteiger partial charge is 0.340 e. The molecule has 1 N–H and O–H groups in total. The SMILES string of the molecule is CCC1NC(=O)c2cccnc2S1. The molecule has 0 saturated carbocycles. The Morgan fingerprint density at radius 2 is 2.54 bits per heavy atom.